The monoisotopic (exact) mass is 677 g/mol. The third kappa shape index (κ3) is 6.18. The Labute approximate surface area is 299 Å². The maximum atomic E-state index is 14.7. The molecule has 2 heterocycles. The third-order valence-corrected chi connectivity index (χ3v) is 11.1. The van der Waals surface area contributed by atoms with E-state index in [9.17, 15) is 4.57 Å². The minimum absolute atomic E-state index is 0.479. The van der Waals surface area contributed by atoms with Gasteiger partial charge in [-0.1, -0.05) is 150 Å². The molecular weight excluding hydrogens is 640 g/mol. The number of aromatic nitrogens is 2. The summed E-state index contributed by atoms with van der Waals surface area (Å²) in [6.07, 6.45) is 0.479. The Morgan fingerprint density at radius 2 is 1.00 bits per heavy atom. The number of fused-ring (bicyclic) bond motifs is 4. The summed E-state index contributed by atoms with van der Waals surface area (Å²) >= 11 is 0. The van der Waals surface area contributed by atoms with Gasteiger partial charge in [-0.05, 0) is 61.9 Å². The van der Waals surface area contributed by atoms with Gasteiger partial charge < -0.3 is 9.13 Å². The predicted molar refractivity (Wildman–Crippen MR) is 216 cm³/mol. The van der Waals surface area contributed by atoms with Crippen LogP contribution in [0.15, 0.2) is 182 Å². The fourth-order valence-corrected chi connectivity index (χ4v) is 8.74. The molecule has 0 aliphatic carbocycles. The Morgan fingerprint density at radius 1 is 0.471 bits per heavy atom. The van der Waals surface area contributed by atoms with Crippen LogP contribution in [0.5, 0.6) is 0 Å². The number of hydrogen-bond donors (Lipinski definition) is 0. The molecule has 0 saturated heterocycles. The van der Waals surface area contributed by atoms with E-state index in [1.165, 1.54) is 10.9 Å². The molecule has 0 N–H and O–H groups in total. The van der Waals surface area contributed by atoms with Crippen molar-refractivity contribution in [2.75, 3.05) is 0 Å². The molecule has 51 heavy (non-hydrogen) atoms. The average molecular weight is 678 g/mol. The number of benzene rings is 7. The molecule has 0 fully saturated rings. The van der Waals surface area contributed by atoms with Gasteiger partial charge in [0.25, 0.3) is 0 Å². The predicted octanol–water partition coefficient (Wildman–Crippen LogP) is 12.4. The summed E-state index contributed by atoms with van der Waals surface area (Å²) in [5, 5.41) is 4.29. The van der Waals surface area contributed by atoms with E-state index in [4.69, 9.17) is 0 Å². The van der Waals surface area contributed by atoms with Crippen LogP contribution in [-0.4, -0.2) is 9.13 Å². The highest BCUT2D eigenvalue weighted by atomic mass is 31.1. The molecule has 9 rings (SSSR count). The lowest BCUT2D eigenvalue weighted by atomic mass is 10.1. The van der Waals surface area contributed by atoms with Gasteiger partial charge in [0.1, 0.15) is 5.69 Å². The van der Waals surface area contributed by atoms with E-state index in [0.29, 0.717) is 6.16 Å². The van der Waals surface area contributed by atoms with E-state index in [1.807, 2.05) is 42.5 Å². The van der Waals surface area contributed by atoms with Gasteiger partial charge in [0.05, 0.1) is 21.9 Å². The molecule has 0 bridgehead atoms. The van der Waals surface area contributed by atoms with Crippen LogP contribution in [0.4, 0.5) is 0 Å². The number of rotatable bonds is 6. The van der Waals surface area contributed by atoms with Crippen molar-refractivity contribution in [3.8, 4) is 22.6 Å². The van der Waals surface area contributed by atoms with Crippen LogP contribution in [0.1, 0.15) is 16.7 Å². The van der Waals surface area contributed by atoms with E-state index in [2.05, 4.69) is 163 Å². The van der Waals surface area contributed by atoms with Gasteiger partial charge in [0.2, 0.25) is 5.30 Å². The summed E-state index contributed by atoms with van der Waals surface area (Å²) in [6, 6.07) is 63.1. The van der Waals surface area contributed by atoms with Crippen molar-refractivity contribution < 1.29 is 4.57 Å². The molecular formula is C47H38N2OP+. The Morgan fingerprint density at radius 3 is 1.63 bits per heavy atom. The van der Waals surface area contributed by atoms with E-state index >= 15 is 0 Å². The molecule has 4 heteroatoms. The van der Waals surface area contributed by atoms with Crippen molar-refractivity contribution in [3.63, 3.8) is 0 Å². The highest BCUT2D eigenvalue weighted by Gasteiger charge is 2.35. The zero-order valence-corrected chi connectivity index (χ0v) is 29.7. The summed E-state index contributed by atoms with van der Waals surface area (Å²) in [6.45, 7) is 4.23. The molecule has 0 amide bonds. The molecule has 9 aromatic rings. The normalized spacial score (nSPS) is 11.5. The highest BCUT2D eigenvalue weighted by molar-refractivity contribution is 7.53. The van der Waals surface area contributed by atoms with Crippen LogP contribution in [0.3, 0.4) is 0 Å². The Balaban J connectivity index is 0.000000480. The zero-order chi connectivity index (χ0) is 34.7. The topological polar surface area (TPSA) is 26.9 Å². The minimum atomic E-state index is -1.79. The van der Waals surface area contributed by atoms with Crippen LogP contribution in [0, 0.1) is 13.8 Å². The molecule has 1 unspecified atom stereocenters. The van der Waals surface area contributed by atoms with Gasteiger partial charge in [-0.2, -0.15) is 0 Å². The quantitative estimate of drug-likeness (QED) is 0.161. The maximum absolute atomic E-state index is 14.7. The summed E-state index contributed by atoms with van der Waals surface area (Å²) in [5.41, 5.74) is 11.1. The fourth-order valence-electron chi connectivity index (χ4n) is 7.13. The summed E-state index contributed by atoms with van der Waals surface area (Å²) in [4.78, 5) is 0. The van der Waals surface area contributed by atoms with E-state index in [0.717, 1.165) is 66.4 Å². The molecule has 0 aliphatic rings. The summed E-state index contributed by atoms with van der Waals surface area (Å²) in [7, 11) is -1.79. The van der Waals surface area contributed by atoms with Gasteiger partial charge in [-0.25, -0.2) is 0 Å². The number of nitrogens with zero attached hydrogens (tertiary/aromatic N) is 2. The first-order valence-corrected chi connectivity index (χ1v) is 18.8. The van der Waals surface area contributed by atoms with Crippen LogP contribution in [0.25, 0.3) is 55.3 Å². The lowest BCUT2D eigenvalue weighted by Gasteiger charge is -2.13. The van der Waals surface area contributed by atoms with Crippen molar-refractivity contribution in [2.24, 2.45) is 0 Å². The Kier molecular flexibility index (Phi) is 8.89. The molecule has 0 spiro atoms. The van der Waals surface area contributed by atoms with Crippen LogP contribution < -0.4 is 5.30 Å². The van der Waals surface area contributed by atoms with Gasteiger partial charge in [-0.3, -0.25) is 0 Å². The second-order valence-corrected chi connectivity index (χ2v) is 14.5. The highest BCUT2D eigenvalue weighted by Crippen LogP contribution is 2.43. The first-order chi connectivity index (χ1) is 25.1. The standard InChI is InChI=1S/C40H30N2OP.C7H8/c1-28-15-11-12-22-32(28)39-40(44(43)27-29-16-5-2-6-17-29)35-25-34-33-23-13-14-24-36(33)41(30-18-7-3-8-19-30)37(34)26-38(35)42(39)31-20-9-4-10-21-31;1-7-5-3-2-4-6-7/h2-26H,27H2,1H3;2-6H,1H3/q+1;. The van der Waals surface area contributed by atoms with E-state index in [1.54, 1.807) is 0 Å². The smallest absolute Gasteiger partial charge is 0.309 e. The summed E-state index contributed by atoms with van der Waals surface area (Å²) in [5.74, 6) is 0. The first kappa shape index (κ1) is 32.2. The Hall–Kier alpha value is -6.02. The van der Waals surface area contributed by atoms with Crippen molar-refractivity contribution in [1.82, 2.24) is 9.13 Å². The second kappa shape index (κ2) is 14.1. The molecule has 0 saturated carbocycles. The van der Waals surface area contributed by atoms with Crippen LogP contribution in [-0.2, 0) is 10.7 Å². The number of hydrogen-bond acceptors (Lipinski definition) is 1. The lowest BCUT2D eigenvalue weighted by Crippen LogP contribution is -2.06. The van der Waals surface area contributed by atoms with Gasteiger partial charge in [0.15, 0.2) is 6.16 Å². The van der Waals surface area contributed by atoms with Crippen molar-refractivity contribution in [2.45, 2.75) is 20.0 Å². The molecule has 1 atom stereocenters. The molecule has 7 aromatic carbocycles. The number of para-hydroxylation sites is 3. The van der Waals surface area contributed by atoms with Gasteiger partial charge in [-0.15, -0.1) is 0 Å². The van der Waals surface area contributed by atoms with Gasteiger partial charge >= 0.3 is 7.80 Å². The summed E-state index contributed by atoms with van der Waals surface area (Å²) < 4.78 is 19.4. The SMILES string of the molecule is Cc1ccccc1.Cc1ccccc1-c1c([P+](=O)Cc2ccccc2)c2cc3c4ccccc4n(-c4ccccc4)c3cc2n1-c1ccccc1. The van der Waals surface area contributed by atoms with Crippen molar-refractivity contribution >= 4 is 45.8 Å². The molecule has 3 nitrogen and oxygen atoms in total. The second-order valence-electron chi connectivity index (χ2n) is 12.9. The van der Waals surface area contributed by atoms with E-state index in [-0.39, 0.29) is 0 Å². The molecule has 2 aromatic heterocycles. The minimum Gasteiger partial charge on any atom is -0.309 e. The van der Waals surface area contributed by atoms with Gasteiger partial charge in [0, 0.05) is 33.3 Å². The molecule has 0 radical (unpaired) electrons. The van der Waals surface area contributed by atoms with Crippen molar-refractivity contribution in [3.05, 3.63) is 199 Å². The average Bonchev–Trinajstić information content (AvgIpc) is 3.68. The zero-order valence-electron chi connectivity index (χ0n) is 28.8. The lowest BCUT2D eigenvalue weighted by molar-refractivity contribution is 0.593. The largest absolute Gasteiger partial charge is 0.384 e. The molecule has 246 valence electrons. The first-order valence-electron chi connectivity index (χ1n) is 17.4. The molecule has 0 aliphatic heterocycles. The van der Waals surface area contributed by atoms with Crippen LogP contribution in [0.2, 0.25) is 0 Å². The van der Waals surface area contributed by atoms with Crippen LogP contribution >= 0.6 is 7.80 Å². The third-order valence-electron chi connectivity index (χ3n) is 9.52. The maximum Gasteiger partial charge on any atom is 0.384 e. The van der Waals surface area contributed by atoms with Crippen molar-refractivity contribution in [1.29, 1.82) is 0 Å². The number of aryl methyl sites for hydroxylation is 2. The van der Waals surface area contributed by atoms with E-state index < -0.39 is 7.80 Å². The Bertz CT molecular complexity index is 2620. The fraction of sp³-hybridized carbons (Fsp3) is 0.0638.